The largest absolute Gasteiger partial charge is 0.489 e. The lowest BCUT2D eigenvalue weighted by Gasteiger charge is -2.20. The molecule has 0 bridgehead atoms. The van der Waals surface area contributed by atoms with E-state index in [0.717, 1.165) is 21.9 Å². The molecular formula is C21H15NO6. The minimum Gasteiger partial charge on any atom is -0.489 e. The van der Waals surface area contributed by atoms with Gasteiger partial charge < -0.3 is 18.6 Å². The smallest absolute Gasteiger partial charge is 0.270 e. The van der Waals surface area contributed by atoms with Crippen LogP contribution < -0.4 is 9.47 Å². The number of hydrogen-bond donors (Lipinski definition) is 0. The van der Waals surface area contributed by atoms with Crippen molar-refractivity contribution in [1.82, 2.24) is 0 Å². The number of rotatable bonds is 4. The van der Waals surface area contributed by atoms with Crippen LogP contribution in [0.3, 0.4) is 0 Å². The number of hydrogen-bond acceptors (Lipinski definition) is 6. The van der Waals surface area contributed by atoms with Crippen LogP contribution in [0.15, 0.2) is 59.0 Å². The fraction of sp³-hybridized carbons (Fsp3) is 0.143. The van der Waals surface area contributed by atoms with E-state index in [0.29, 0.717) is 22.6 Å². The number of fused-ring (bicyclic) bond motifs is 4. The van der Waals surface area contributed by atoms with E-state index in [4.69, 9.17) is 18.6 Å². The molecule has 7 nitrogen and oxygen atoms in total. The highest BCUT2D eigenvalue weighted by molar-refractivity contribution is 6.05. The minimum absolute atomic E-state index is 0.0114. The summed E-state index contributed by atoms with van der Waals surface area (Å²) >= 11 is 0. The van der Waals surface area contributed by atoms with Crippen LogP contribution in [0.2, 0.25) is 0 Å². The van der Waals surface area contributed by atoms with Gasteiger partial charge in [-0.05, 0) is 24.3 Å². The summed E-state index contributed by atoms with van der Waals surface area (Å²) in [5.74, 6) is 1.23. The Balaban J connectivity index is 1.48. The van der Waals surface area contributed by atoms with Crippen LogP contribution in [0.25, 0.3) is 21.9 Å². The summed E-state index contributed by atoms with van der Waals surface area (Å²) in [7, 11) is 0. The molecule has 1 aliphatic rings. The van der Waals surface area contributed by atoms with E-state index in [2.05, 4.69) is 0 Å². The lowest BCUT2D eigenvalue weighted by molar-refractivity contribution is -0.385. The molecule has 0 saturated heterocycles. The number of furan rings is 1. The zero-order chi connectivity index (χ0) is 19.1. The minimum atomic E-state index is -0.429. The van der Waals surface area contributed by atoms with Gasteiger partial charge in [-0.25, -0.2) is 0 Å². The van der Waals surface area contributed by atoms with Crippen LogP contribution in [0.4, 0.5) is 5.69 Å². The zero-order valence-corrected chi connectivity index (χ0v) is 14.7. The molecule has 0 radical (unpaired) electrons. The van der Waals surface area contributed by atoms with E-state index in [1.165, 1.54) is 12.1 Å². The van der Waals surface area contributed by atoms with E-state index in [1.54, 1.807) is 0 Å². The van der Waals surface area contributed by atoms with Crippen LogP contribution in [0, 0.1) is 10.1 Å². The van der Waals surface area contributed by atoms with Gasteiger partial charge in [0.1, 0.15) is 29.3 Å². The summed E-state index contributed by atoms with van der Waals surface area (Å²) in [6.07, 6.45) is 0. The summed E-state index contributed by atoms with van der Waals surface area (Å²) in [5.41, 5.74) is 2.85. The number of nitro groups is 1. The van der Waals surface area contributed by atoms with E-state index in [9.17, 15) is 10.1 Å². The molecular weight excluding hydrogens is 362 g/mol. The second-order valence-corrected chi connectivity index (χ2v) is 6.51. The van der Waals surface area contributed by atoms with Crippen molar-refractivity contribution >= 4 is 27.6 Å². The third-order valence-corrected chi connectivity index (χ3v) is 4.73. The molecule has 0 fully saturated rings. The predicted octanol–water partition coefficient (Wildman–Crippen LogP) is 4.94. The normalized spacial score (nSPS) is 13.3. The van der Waals surface area contributed by atoms with Crippen LogP contribution in [0.1, 0.15) is 11.1 Å². The molecule has 1 aromatic heterocycles. The quantitative estimate of drug-likeness (QED) is 0.370. The number of nitro benzene ring substituents is 1. The first-order chi connectivity index (χ1) is 13.7. The lowest BCUT2D eigenvalue weighted by Crippen LogP contribution is -2.14. The van der Waals surface area contributed by atoms with Crippen molar-refractivity contribution < 1.29 is 23.6 Å². The molecule has 0 N–H and O–H groups in total. The average Bonchev–Trinajstić information content (AvgIpc) is 3.09. The predicted molar refractivity (Wildman–Crippen MR) is 101 cm³/mol. The maximum atomic E-state index is 11.2. The van der Waals surface area contributed by atoms with Crippen LogP contribution in [-0.2, 0) is 18.0 Å². The highest BCUT2D eigenvalue weighted by Crippen LogP contribution is 2.35. The number of benzene rings is 3. The van der Waals surface area contributed by atoms with Crippen LogP contribution in [-0.4, -0.2) is 11.7 Å². The summed E-state index contributed by atoms with van der Waals surface area (Å²) < 4.78 is 22.5. The Labute approximate surface area is 159 Å². The number of non-ortho nitro benzene ring substituents is 1. The van der Waals surface area contributed by atoms with Crippen molar-refractivity contribution in [2.45, 2.75) is 13.2 Å². The van der Waals surface area contributed by atoms with Gasteiger partial charge in [0.2, 0.25) is 0 Å². The number of ether oxygens (including phenoxy) is 3. The first-order valence-corrected chi connectivity index (χ1v) is 8.74. The van der Waals surface area contributed by atoms with Crippen molar-refractivity contribution in [3.63, 3.8) is 0 Å². The second kappa shape index (κ2) is 6.54. The van der Waals surface area contributed by atoms with Crippen LogP contribution >= 0.6 is 0 Å². The van der Waals surface area contributed by atoms with Crippen molar-refractivity contribution in [1.29, 1.82) is 0 Å². The summed E-state index contributed by atoms with van der Waals surface area (Å²) in [6.45, 7) is 0.535. The molecule has 0 amide bonds. The van der Waals surface area contributed by atoms with Gasteiger partial charge in [0.05, 0.1) is 11.5 Å². The van der Waals surface area contributed by atoms with E-state index >= 15 is 0 Å². The molecule has 0 atom stereocenters. The molecule has 1 aliphatic heterocycles. The first kappa shape index (κ1) is 16.6. The molecule has 7 heteroatoms. The van der Waals surface area contributed by atoms with Gasteiger partial charge in [-0.3, -0.25) is 10.1 Å². The molecule has 3 aromatic carbocycles. The van der Waals surface area contributed by atoms with Gasteiger partial charge in [-0.1, -0.05) is 18.2 Å². The van der Waals surface area contributed by atoms with Crippen LogP contribution in [0.5, 0.6) is 11.5 Å². The molecule has 140 valence electrons. The molecule has 28 heavy (non-hydrogen) atoms. The summed E-state index contributed by atoms with van der Waals surface area (Å²) in [6, 6.07) is 16.3. The molecule has 0 spiro atoms. The Kier molecular flexibility index (Phi) is 3.87. The Morgan fingerprint density at radius 1 is 1.04 bits per heavy atom. The third-order valence-electron chi connectivity index (χ3n) is 4.73. The Bertz CT molecular complexity index is 1210. The molecule has 2 heterocycles. The van der Waals surface area contributed by atoms with Gasteiger partial charge >= 0.3 is 0 Å². The highest BCUT2D eigenvalue weighted by atomic mass is 16.7. The van der Waals surface area contributed by atoms with Crippen molar-refractivity contribution in [2.75, 3.05) is 6.79 Å². The fourth-order valence-corrected chi connectivity index (χ4v) is 3.45. The SMILES string of the molecule is O=[N+]([O-])c1cc2c(c(COc3ccc4oc5ccccc5c4c3)c1)OCOC2. The highest BCUT2D eigenvalue weighted by Gasteiger charge is 2.21. The topological polar surface area (TPSA) is 84.0 Å². The molecule has 4 aromatic rings. The van der Waals surface area contributed by atoms with Crippen molar-refractivity contribution in [3.8, 4) is 11.5 Å². The van der Waals surface area contributed by atoms with Gasteiger partial charge in [0.25, 0.3) is 5.69 Å². The van der Waals surface area contributed by atoms with E-state index < -0.39 is 4.92 Å². The van der Waals surface area contributed by atoms with Gasteiger partial charge in [-0.15, -0.1) is 0 Å². The van der Waals surface area contributed by atoms with Crippen molar-refractivity contribution in [3.05, 3.63) is 75.8 Å². The van der Waals surface area contributed by atoms with Gasteiger partial charge in [-0.2, -0.15) is 0 Å². The molecule has 0 saturated carbocycles. The first-order valence-electron chi connectivity index (χ1n) is 8.74. The Morgan fingerprint density at radius 2 is 1.89 bits per heavy atom. The molecule has 5 rings (SSSR count). The Morgan fingerprint density at radius 3 is 2.79 bits per heavy atom. The van der Waals surface area contributed by atoms with E-state index in [1.807, 2.05) is 42.5 Å². The average molecular weight is 377 g/mol. The third kappa shape index (κ3) is 2.82. The maximum Gasteiger partial charge on any atom is 0.270 e. The second-order valence-electron chi connectivity index (χ2n) is 6.51. The molecule has 0 aliphatic carbocycles. The number of nitrogens with zero attached hydrogens (tertiary/aromatic N) is 1. The zero-order valence-electron chi connectivity index (χ0n) is 14.7. The monoisotopic (exact) mass is 377 g/mol. The molecule has 0 unspecified atom stereocenters. The summed E-state index contributed by atoms with van der Waals surface area (Å²) in [4.78, 5) is 10.8. The van der Waals surface area contributed by atoms with Crippen molar-refractivity contribution in [2.24, 2.45) is 0 Å². The maximum absolute atomic E-state index is 11.2. The summed E-state index contributed by atoms with van der Waals surface area (Å²) in [5, 5.41) is 13.2. The van der Waals surface area contributed by atoms with Gasteiger partial charge in [0.15, 0.2) is 6.79 Å². The van der Waals surface area contributed by atoms with E-state index in [-0.39, 0.29) is 25.7 Å². The van der Waals surface area contributed by atoms with Gasteiger partial charge in [0, 0.05) is 34.0 Å². The number of para-hydroxylation sites is 1. The standard InChI is InChI=1S/C21H15NO6/c23-22(24)15-7-13-10-25-12-27-21(13)14(8-15)11-26-16-5-6-20-18(9-16)17-3-1-2-4-19(17)28-20/h1-9H,10-12H2. The fourth-order valence-electron chi connectivity index (χ4n) is 3.45. The lowest BCUT2D eigenvalue weighted by atomic mass is 10.1. The Hall–Kier alpha value is -3.58.